The van der Waals surface area contributed by atoms with Crippen LogP contribution in [0.3, 0.4) is 0 Å². The Balaban J connectivity index is 2.11. The monoisotopic (exact) mass is 221 g/mol. The van der Waals surface area contributed by atoms with E-state index in [9.17, 15) is 4.79 Å². The third-order valence-corrected chi connectivity index (χ3v) is 3.27. The average molecular weight is 221 g/mol. The third kappa shape index (κ3) is 2.29. The molecule has 1 saturated heterocycles. The first-order valence-corrected chi connectivity index (χ1v) is 6.05. The summed E-state index contributed by atoms with van der Waals surface area (Å²) in [6.45, 7) is 5.61. The van der Waals surface area contributed by atoms with Crippen LogP contribution in [0.25, 0.3) is 0 Å². The van der Waals surface area contributed by atoms with E-state index in [0.29, 0.717) is 5.76 Å². The van der Waals surface area contributed by atoms with E-state index in [1.165, 1.54) is 12.8 Å². The van der Waals surface area contributed by atoms with Crippen LogP contribution in [0.15, 0.2) is 10.5 Å². The van der Waals surface area contributed by atoms with E-state index in [4.69, 9.17) is 4.42 Å². The molecular weight excluding hydrogens is 202 g/mol. The molecule has 88 valence electrons. The number of carbonyl (C=O) groups excluding carboxylic acids is 1. The maximum absolute atomic E-state index is 12.2. The standard InChI is InChI=1S/C13H19NO2/c1-10-9-12(16-11(10)2)13(15)14-7-5-3-4-6-8-14/h9H,3-8H2,1-2H3. The molecule has 0 bridgehead atoms. The summed E-state index contributed by atoms with van der Waals surface area (Å²) in [5.41, 5.74) is 1.05. The number of aryl methyl sites for hydroxylation is 2. The van der Waals surface area contributed by atoms with Crippen LogP contribution in [0.5, 0.6) is 0 Å². The SMILES string of the molecule is Cc1cc(C(=O)N2CCCCCC2)oc1C. The van der Waals surface area contributed by atoms with Gasteiger partial charge in [-0.15, -0.1) is 0 Å². The van der Waals surface area contributed by atoms with Gasteiger partial charge in [0.25, 0.3) is 5.91 Å². The van der Waals surface area contributed by atoms with Gasteiger partial charge in [0.2, 0.25) is 0 Å². The van der Waals surface area contributed by atoms with Crippen molar-refractivity contribution in [1.29, 1.82) is 0 Å². The Bertz CT molecular complexity index is 354. The number of hydrogen-bond donors (Lipinski definition) is 0. The zero-order valence-corrected chi connectivity index (χ0v) is 10.1. The molecule has 0 unspecified atom stereocenters. The Morgan fingerprint density at radius 1 is 1.19 bits per heavy atom. The first-order valence-electron chi connectivity index (χ1n) is 6.05. The highest BCUT2D eigenvalue weighted by atomic mass is 16.4. The molecule has 0 aromatic carbocycles. The van der Waals surface area contributed by atoms with Crippen molar-refractivity contribution in [2.24, 2.45) is 0 Å². The smallest absolute Gasteiger partial charge is 0.289 e. The summed E-state index contributed by atoms with van der Waals surface area (Å²) in [5, 5.41) is 0. The van der Waals surface area contributed by atoms with E-state index in [0.717, 1.165) is 37.3 Å². The molecule has 0 aliphatic carbocycles. The number of likely N-dealkylation sites (tertiary alicyclic amines) is 1. The first-order chi connectivity index (χ1) is 7.68. The first kappa shape index (κ1) is 11.2. The fourth-order valence-electron chi connectivity index (χ4n) is 2.11. The van der Waals surface area contributed by atoms with Gasteiger partial charge in [-0.2, -0.15) is 0 Å². The van der Waals surface area contributed by atoms with Gasteiger partial charge >= 0.3 is 0 Å². The van der Waals surface area contributed by atoms with Crippen LogP contribution in [-0.4, -0.2) is 23.9 Å². The summed E-state index contributed by atoms with van der Waals surface area (Å²) in [4.78, 5) is 14.1. The molecule has 0 saturated carbocycles. The summed E-state index contributed by atoms with van der Waals surface area (Å²) in [7, 11) is 0. The van der Waals surface area contributed by atoms with E-state index in [1.54, 1.807) is 0 Å². The Labute approximate surface area is 96.4 Å². The van der Waals surface area contributed by atoms with Crippen LogP contribution in [0.4, 0.5) is 0 Å². The predicted molar refractivity (Wildman–Crippen MR) is 62.6 cm³/mol. The van der Waals surface area contributed by atoms with Gasteiger partial charge in [-0.25, -0.2) is 0 Å². The lowest BCUT2D eigenvalue weighted by Gasteiger charge is -2.18. The molecule has 3 nitrogen and oxygen atoms in total. The molecule has 1 aromatic rings. The van der Waals surface area contributed by atoms with Crippen molar-refractivity contribution >= 4 is 5.91 Å². The van der Waals surface area contributed by atoms with E-state index in [1.807, 2.05) is 24.8 Å². The highest BCUT2D eigenvalue weighted by Crippen LogP contribution is 2.17. The van der Waals surface area contributed by atoms with Gasteiger partial charge in [0.15, 0.2) is 5.76 Å². The Morgan fingerprint density at radius 3 is 2.31 bits per heavy atom. The minimum Gasteiger partial charge on any atom is -0.456 e. The number of furan rings is 1. The summed E-state index contributed by atoms with van der Waals surface area (Å²) in [5.74, 6) is 1.40. The lowest BCUT2D eigenvalue weighted by atomic mass is 10.2. The quantitative estimate of drug-likeness (QED) is 0.730. The summed E-state index contributed by atoms with van der Waals surface area (Å²) in [6.07, 6.45) is 4.70. The lowest BCUT2D eigenvalue weighted by Crippen LogP contribution is -2.31. The highest BCUT2D eigenvalue weighted by Gasteiger charge is 2.20. The summed E-state index contributed by atoms with van der Waals surface area (Å²) < 4.78 is 5.48. The van der Waals surface area contributed by atoms with Gasteiger partial charge in [0, 0.05) is 13.1 Å². The molecule has 2 heterocycles. The Hall–Kier alpha value is -1.25. The predicted octanol–water partition coefficient (Wildman–Crippen LogP) is 2.91. The van der Waals surface area contributed by atoms with Crippen LogP contribution in [-0.2, 0) is 0 Å². The van der Waals surface area contributed by atoms with Gasteiger partial charge in [-0.05, 0) is 38.3 Å². The van der Waals surface area contributed by atoms with Crippen LogP contribution in [0.2, 0.25) is 0 Å². The minimum atomic E-state index is 0.0538. The van der Waals surface area contributed by atoms with Crippen molar-refractivity contribution in [2.75, 3.05) is 13.1 Å². The number of hydrogen-bond acceptors (Lipinski definition) is 2. The van der Waals surface area contributed by atoms with Crippen LogP contribution >= 0.6 is 0 Å². The van der Waals surface area contributed by atoms with E-state index >= 15 is 0 Å². The fraction of sp³-hybridized carbons (Fsp3) is 0.615. The van der Waals surface area contributed by atoms with Crippen LogP contribution in [0, 0.1) is 13.8 Å². The van der Waals surface area contributed by atoms with Crippen molar-refractivity contribution in [1.82, 2.24) is 4.90 Å². The third-order valence-electron chi connectivity index (χ3n) is 3.27. The maximum Gasteiger partial charge on any atom is 0.289 e. The minimum absolute atomic E-state index is 0.0538. The molecular formula is C13H19NO2. The molecule has 0 spiro atoms. The second kappa shape index (κ2) is 4.73. The van der Waals surface area contributed by atoms with Crippen molar-refractivity contribution in [3.63, 3.8) is 0 Å². The second-order valence-corrected chi connectivity index (χ2v) is 4.56. The van der Waals surface area contributed by atoms with Crippen molar-refractivity contribution in [3.8, 4) is 0 Å². The van der Waals surface area contributed by atoms with E-state index in [-0.39, 0.29) is 5.91 Å². The molecule has 1 amide bonds. The molecule has 16 heavy (non-hydrogen) atoms. The molecule has 1 aliphatic rings. The highest BCUT2D eigenvalue weighted by molar-refractivity contribution is 5.91. The van der Waals surface area contributed by atoms with Gasteiger partial charge in [0.1, 0.15) is 5.76 Å². The molecule has 1 aliphatic heterocycles. The van der Waals surface area contributed by atoms with E-state index < -0.39 is 0 Å². The van der Waals surface area contributed by atoms with Gasteiger partial charge in [-0.1, -0.05) is 12.8 Å². The molecule has 3 heteroatoms. The number of carbonyl (C=O) groups is 1. The largest absolute Gasteiger partial charge is 0.456 e. The lowest BCUT2D eigenvalue weighted by molar-refractivity contribution is 0.0728. The summed E-state index contributed by atoms with van der Waals surface area (Å²) >= 11 is 0. The van der Waals surface area contributed by atoms with E-state index in [2.05, 4.69) is 0 Å². The Morgan fingerprint density at radius 2 is 1.81 bits per heavy atom. The van der Waals surface area contributed by atoms with Gasteiger partial charge < -0.3 is 9.32 Å². The number of rotatable bonds is 1. The molecule has 2 rings (SSSR count). The van der Waals surface area contributed by atoms with Gasteiger partial charge in [-0.3, -0.25) is 4.79 Å². The number of nitrogens with zero attached hydrogens (tertiary/aromatic N) is 1. The fourth-order valence-corrected chi connectivity index (χ4v) is 2.11. The molecule has 0 radical (unpaired) electrons. The van der Waals surface area contributed by atoms with Crippen molar-refractivity contribution in [3.05, 3.63) is 23.2 Å². The maximum atomic E-state index is 12.2. The topological polar surface area (TPSA) is 33.5 Å². The average Bonchev–Trinajstić information content (AvgIpc) is 2.51. The Kier molecular flexibility index (Phi) is 3.32. The molecule has 0 N–H and O–H groups in total. The summed E-state index contributed by atoms with van der Waals surface area (Å²) in [6, 6.07) is 1.85. The molecule has 1 aromatic heterocycles. The second-order valence-electron chi connectivity index (χ2n) is 4.56. The van der Waals surface area contributed by atoms with Crippen molar-refractivity contribution < 1.29 is 9.21 Å². The van der Waals surface area contributed by atoms with Crippen LogP contribution < -0.4 is 0 Å². The zero-order valence-electron chi connectivity index (χ0n) is 10.1. The normalized spacial score (nSPS) is 17.2. The number of amides is 1. The van der Waals surface area contributed by atoms with Crippen molar-refractivity contribution in [2.45, 2.75) is 39.5 Å². The van der Waals surface area contributed by atoms with Crippen LogP contribution in [0.1, 0.15) is 47.6 Å². The molecule has 1 fully saturated rings. The zero-order chi connectivity index (χ0) is 11.5. The molecule has 0 atom stereocenters. The van der Waals surface area contributed by atoms with Gasteiger partial charge in [0.05, 0.1) is 0 Å².